The molecule has 0 saturated carbocycles. The summed E-state index contributed by atoms with van der Waals surface area (Å²) in [6.07, 6.45) is 3.08. The van der Waals surface area contributed by atoms with Crippen molar-refractivity contribution in [3.63, 3.8) is 0 Å². The van der Waals surface area contributed by atoms with Gasteiger partial charge in [-0.05, 0) is 62.2 Å². The largest absolute Gasteiger partial charge is 0.481 e. The lowest BCUT2D eigenvalue weighted by Crippen LogP contribution is -2.32. The van der Waals surface area contributed by atoms with E-state index >= 15 is 0 Å². The average molecular weight is 437 g/mol. The minimum Gasteiger partial charge on any atom is -0.481 e. The zero-order valence-electron chi connectivity index (χ0n) is 16.3. The molecule has 1 aliphatic rings. The Morgan fingerprint density at radius 1 is 1.07 bits per heavy atom. The van der Waals surface area contributed by atoms with Gasteiger partial charge >= 0.3 is 0 Å². The summed E-state index contributed by atoms with van der Waals surface area (Å²) in [5.74, 6) is 0.152. The highest BCUT2D eigenvalue weighted by Crippen LogP contribution is 2.23. The smallest absolute Gasteiger partial charge is 0.265 e. The minimum atomic E-state index is -3.58. The Bertz CT molecular complexity index is 939. The van der Waals surface area contributed by atoms with Gasteiger partial charge in [0, 0.05) is 23.8 Å². The topological polar surface area (TPSA) is 75.7 Å². The van der Waals surface area contributed by atoms with Crippen molar-refractivity contribution in [1.29, 1.82) is 0 Å². The molecule has 1 amide bonds. The molecule has 0 aromatic heterocycles. The summed E-state index contributed by atoms with van der Waals surface area (Å²) in [5.41, 5.74) is 0.414. The number of amides is 1. The fourth-order valence-corrected chi connectivity index (χ4v) is 4.87. The first-order valence-corrected chi connectivity index (χ1v) is 11.5. The van der Waals surface area contributed by atoms with E-state index in [0.717, 1.165) is 25.7 Å². The van der Waals surface area contributed by atoms with Gasteiger partial charge in [-0.25, -0.2) is 8.42 Å². The molecular formula is C21H25ClN2O4S. The van der Waals surface area contributed by atoms with Crippen molar-refractivity contribution in [2.75, 3.05) is 18.4 Å². The number of hydrogen-bond donors (Lipinski definition) is 1. The van der Waals surface area contributed by atoms with Gasteiger partial charge in [-0.2, -0.15) is 4.31 Å². The third-order valence-electron chi connectivity index (χ3n) is 4.80. The highest BCUT2D eigenvalue weighted by atomic mass is 35.5. The Morgan fingerprint density at radius 3 is 2.38 bits per heavy atom. The van der Waals surface area contributed by atoms with Crippen LogP contribution in [0, 0.1) is 0 Å². The van der Waals surface area contributed by atoms with Crippen LogP contribution >= 0.6 is 11.6 Å². The molecule has 0 aliphatic carbocycles. The standard InChI is InChI=1S/C21H25ClN2O4S/c1-16(28-19-11-9-17(22)10-12-19)21(25)23-18-7-6-8-20(15-18)29(26,27)24-13-4-2-3-5-14-24/h6-12,15-16H,2-5,13-14H2,1H3,(H,23,25)/t16-/m0/s1. The summed E-state index contributed by atoms with van der Waals surface area (Å²) >= 11 is 5.85. The first-order chi connectivity index (χ1) is 13.9. The molecule has 156 valence electrons. The number of ether oxygens (including phenoxy) is 1. The van der Waals surface area contributed by atoms with Gasteiger partial charge in [0.25, 0.3) is 5.91 Å². The number of nitrogens with one attached hydrogen (secondary N) is 1. The van der Waals surface area contributed by atoms with Crippen LogP contribution < -0.4 is 10.1 Å². The summed E-state index contributed by atoms with van der Waals surface area (Å²) in [6.45, 7) is 2.69. The Labute approximate surface area is 176 Å². The maximum atomic E-state index is 13.0. The van der Waals surface area contributed by atoms with Crippen LogP contribution in [0.4, 0.5) is 5.69 Å². The van der Waals surface area contributed by atoms with Crippen LogP contribution in [0.25, 0.3) is 0 Å². The van der Waals surface area contributed by atoms with Gasteiger partial charge in [0.2, 0.25) is 10.0 Å². The van der Waals surface area contributed by atoms with Crippen molar-refractivity contribution >= 4 is 33.2 Å². The van der Waals surface area contributed by atoms with Crippen molar-refractivity contribution in [1.82, 2.24) is 4.31 Å². The van der Waals surface area contributed by atoms with Crippen molar-refractivity contribution in [2.24, 2.45) is 0 Å². The van der Waals surface area contributed by atoms with E-state index in [-0.39, 0.29) is 10.8 Å². The number of halogens is 1. The highest BCUT2D eigenvalue weighted by Gasteiger charge is 2.25. The monoisotopic (exact) mass is 436 g/mol. The zero-order valence-corrected chi connectivity index (χ0v) is 17.9. The molecule has 3 rings (SSSR count). The van der Waals surface area contributed by atoms with E-state index in [4.69, 9.17) is 16.3 Å². The molecule has 0 spiro atoms. The van der Waals surface area contributed by atoms with Crippen LogP contribution in [-0.4, -0.2) is 37.8 Å². The van der Waals surface area contributed by atoms with Crippen molar-refractivity contribution in [3.8, 4) is 5.75 Å². The second kappa shape index (κ2) is 9.61. The number of anilines is 1. The zero-order chi connectivity index (χ0) is 20.9. The second-order valence-corrected chi connectivity index (χ2v) is 9.42. The second-order valence-electron chi connectivity index (χ2n) is 7.05. The molecule has 1 saturated heterocycles. The number of nitrogens with zero attached hydrogens (tertiary/aromatic N) is 1. The summed E-state index contributed by atoms with van der Waals surface area (Å²) in [7, 11) is -3.58. The van der Waals surface area contributed by atoms with Crippen LogP contribution in [0.5, 0.6) is 5.75 Å². The Kier molecular flexibility index (Phi) is 7.16. The molecule has 29 heavy (non-hydrogen) atoms. The van der Waals surface area contributed by atoms with Crippen LogP contribution in [0.15, 0.2) is 53.4 Å². The number of rotatable bonds is 6. The van der Waals surface area contributed by atoms with E-state index < -0.39 is 16.1 Å². The van der Waals surface area contributed by atoms with E-state index in [0.29, 0.717) is 29.5 Å². The Hall–Kier alpha value is -2.09. The van der Waals surface area contributed by atoms with Crippen LogP contribution in [-0.2, 0) is 14.8 Å². The van der Waals surface area contributed by atoms with Crippen molar-refractivity contribution < 1.29 is 17.9 Å². The normalized spacial score (nSPS) is 16.6. The summed E-state index contributed by atoms with van der Waals surface area (Å²) < 4.78 is 33.1. The quantitative estimate of drug-likeness (QED) is 0.732. The third kappa shape index (κ3) is 5.72. The van der Waals surface area contributed by atoms with Crippen molar-refractivity contribution in [2.45, 2.75) is 43.6 Å². The van der Waals surface area contributed by atoms with E-state index in [1.165, 1.54) is 10.4 Å². The number of carbonyl (C=O) groups is 1. The number of hydrogen-bond acceptors (Lipinski definition) is 4. The molecule has 0 unspecified atom stereocenters. The summed E-state index contributed by atoms with van der Waals surface area (Å²) in [6, 6.07) is 13.1. The van der Waals surface area contributed by atoms with Gasteiger partial charge in [0.05, 0.1) is 4.90 Å². The highest BCUT2D eigenvalue weighted by molar-refractivity contribution is 7.89. The fraction of sp³-hybridized carbons (Fsp3) is 0.381. The third-order valence-corrected chi connectivity index (χ3v) is 6.95. The minimum absolute atomic E-state index is 0.184. The number of carbonyl (C=O) groups excluding carboxylic acids is 1. The first kappa shape index (κ1) is 21.6. The van der Waals surface area contributed by atoms with E-state index in [9.17, 15) is 13.2 Å². The molecule has 0 bridgehead atoms. The lowest BCUT2D eigenvalue weighted by atomic mass is 10.2. The van der Waals surface area contributed by atoms with Crippen molar-refractivity contribution in [3.05, 3.63) is 53.6 Å². The maximum absolute atomic E-state index is 13.0. The molecule has 1 aliphatic heterocycles. The molecule has 1 N–H and O–H groups in total. The number of sulfonamides is 1. The predicted octanol–water partition coefficient (Wildman–Crippen LogP) is 4.31. The van der Waals surface area contributed by atoms with E-state index in [2.05, 4.69) is 5.32 Å². The first-order valence-electron chi connectivity index (χ1n) is 9.69. The molecule has 6 nitrogen and oxygen atoms in total. The Balaban J connectivity index is 1.68. The van der Waals surface area contributed by atoms with E-state index in [1.54, 1.807) is 49.4 Å². The van der Waals surface area contributed by atoms with Gasteiger partial charge < -0.3 is 10.1 Å². The predicted molar refractivity (Wildman–Crippen MR) is 114 cm³/mol. The summed E-state index contributed by atoms with van der Waals surface area (Å²) in [4.78, 5) is 12.7. The lowest BCUT2D eigenvalue weighted by molar-refractivity contribution is -0.122. The molecule has 1 fully saturated rings. The molecule has 2 aromatic rings. The molecule has 2 aromatic carbocycles. The van der Waals surface area contributed by atoms with Crippen LogP contribution in [0.2, 0.25) is 5.02 Å². The van der Waals surface area contributed by atoms with Crippen LogP contribution in [0.3, 0.4) is 0 Å². The van der Waals surface area contributed by atoms with Gasteiger partial charge in [-0.1, -0.05) is 30.5 Å². The van der Waals surface area contributed by atoms with Gasteiger partial charge in [0.1, 0.15) is 5.75 Å². The number of benzene rings is 2. The molecule has 1 heterocycles. The van der Waals surface area contributed by atoms with Gasteiger partial charge in [-0.3, -0.25) is 4.79 Å². The van der Waals surface area contributed by atoms with Gasteiger partial charge in [-0.15, -0.1) is 0 Å². The molecule has 1 atom stereocenters. The maximum Gasteiger partial charge on any atom is 0.265 e. The SMILES string of the molecule is C[C@H](Oc1ccc(Cl)cc1)C(=O)Nc1cccc(S(=O)(=O)N2CCCCCC2)c1. The van der Waals surface area contributed by atoms with Crippen LogP contribution in [0.1, 0.15) is 32.6 Å². The van der Waals surface area contributed by atoms with E-state index in [1.807, 2.05) is 0 Å². The average Bonchev–Trinajstić information content (AvgIpc) is 3.00. The molecular weight excluding hydrogens is 412 g/mol. The Morgan fingerprint density at radius 2 is 1.72 bits per heavy atom. The molecule has 8 heteroatoms. The molecule has 0 radical (unpaired) electrons. The van der Waals surface area contributed by atoms with Gasteiger partial charge in [0.15, 0.2) is 6.10 Å². The summed E-state index contributed by atoms with van der Waals surface area (Å²) in [5, 5.41) is 3.31. The fourth-order valence-electron chi connectivity index (χ4n) is 3.18. The lowest BCUT2D eigenvalue weighted by Gasteiger charge is -2.20.